The van der Waals surface area contributed by atoms with Gasteiger partial charge in [0.25, 0.3) is 0 Å². The average molecular weight is 266 g/mol. The van der Waals surface area contributed by atoms with Crippen LogP contribution in [-0.2, 0) is 11.2 Å². The molecule has 0 saturated heterocycles. The normalized spacial score (nSPS) is 23.9. The highest BCUT2D eigenvalue weighted by Crippen LogP contribution is 2.29. The van der Waals surface area contributed by atoms with E-state index in [-0.39, 0.29) is 5.92 Å². The molecule has 1 saturated carbocycles. The lowest BCUT2D eigenvalue weighted by molar-refractivity contribution is -0.123. The third-order valence-electron chi connectivity index (χ3n) is 3.90. The molecule has 0 radical (unpaired) electrons. The Morgan fingerprint density at radius 3 is 2.61 bits per heavy atom. The van der Waals surface area contributed by atoms with E-state index in [1.165, 1.54) is 0 Å². The van der Waals surface area contributed by atoms with Crippen LogP contribution in [0.25, 0.3) is 0 Å². The quantitative estimate of drug-likeness (QED) is 0.908. The number of ketones is 1. The maximum atomic E-state index is 12.2. The first-order valence-electron chi connectivity index (χ1n) is 6.66. The first kappa shape index (κ1) is 13.6. The average Bonchev–Trinajstić information content (AvgIpc) is 2.39. The number of nitrogens with two attached hydrogens (primary N) is 1. The van der Waals surface area contributed by atoms with E-state index in [4.69, 9.17) is 17.3 Å². The van der Waals surface area contributed by atoms with Crippen LogP contribution in [0.3, 0.4) is 0 Å². The van der Waals surface area contributed by atoms with Gasteiger partial charge >= 0.3 is 0 Å². The summed E-state index contributed by atoms with van der Waals surface area (Å²) < 4.78 is 0. The number of carbonyl (C=O) groups is 1. The van der Waals surface area contributed by atoms with Gasteiger partial charge in [-0.05, 0) is 55.8 Å². The summed E-state index contributed by atoms with van der Waals surface area (Å²) >= 11 is 5.93. The Balaban J connectivity index is 1.89. The number of hydrogen-bond acceptors (Lipinski definition) is 2. The second-order valence-electron chi connectivity index (χ2n) is 5.23. The molecule has 0 unspecified atom stereocenters. The van der Waals surface area contributed by atoms with Crippen molar-refractivity contribution in [3.8, 4) is 0 Å². The smallest absolute Gasteiger partial charge is 0.140 e. The molecule has 2 rings (SSSR count). The van der Waals surface area contributed by atoms with Crippen LogP contribution < -0.4 is 5.73 Å². The highest BCUT2D eigenvalue weighted by Gasteiger charge is 2.25. The number of rotatable bonds is 4. The summed E-state index contributed by atoms with van der Waals surface area (Å²) in [5, 5.41) is 0.701. The van der Waals surface area contributed by atoms with Gasteiger partial charge in [0.05, 0.1) is 0 Å². The Labute approximate surface area is 114 Å². The summed E-state index contributed by atoms with van der Waals surface area (Å²) in [7, 11) is 0. The number of halogens is 1. The summed E-state index contributed by atoms with van der Waals surface area (Å²) in [5.41, 5.74) is 6.69. The summed E-state index contributed by atoms with van der Waals surface area (Å²) in [4.78, 5) is 12.2. The van der Waals surface area contributed by atoms with Crippen molar-refractivity contribution in [2.75, 3.05) is 6.54 Å². The van der Waals surface area contributed by atoms with Gasteiger partial charge in [0.15, 0.2) is 0 Å². The number of benzene rings is 1. The second-order valence-corrected chi connectivity index (χ2v) is 5.66. The summed E-state index contributed by atoms with van der Waals surface area (Å²) in [5.74, 6) is 1.21. The Bertz CT molecular complexity index is 411. The molecule has 0 bridgehead atoms. The maximum Gasteiger partial charge on any atom is 0.140 e. The Kier molecular flexibility index (Phi) is 4.79. The summed E-state index contributed by atoms with van der Waals surface area (Å²) in [6.45, 7) is 0.759. The lowest BCUT2D eigenvalue weighted by Crippen LogP contribution is -2.26. The highest BCUT2D eigenvalue weighted by molar-refractivity contribution is 6.30. The molecule has 1 aliphatic carbocycles. The van der Waals surface area contributed by atoms with Crippen LogP contribution in [0.2, 0.25) is 5.02 Å². The van der Waals surface area contributed by atoms with Crippen LogP contribution in [0.5, 0.6) is 0 Å². The van der Waals surface area contributed by atoms with Gasteiger partial charge < -0.3 is 5.73 Å². The van der Waals surface area contributed by atoms with Gasteiger partial charge in [-0.1, -0.05) is 23.7 Å². The minimum absolute atomic E-state index is 0.229. The topological polar surface area (TPSA) is 43.1 Å². The molecule has 3 heteroatoms. The van der Waals surface area contributed by atoms with Gasteiger partial charge in [-0.2, -0.15) is 0 Å². The molecule has 2 nitrogen and oxygen atoms in total. The number of hydrogen-bond donors (Lipinski definition) is 1. The lowest BCUT2D eigenvalue weighted by Gasteiger charge is -2.26. The molecule has 98 valence electrons. The van der Waals surface area contributed by atoms with E-state index in [9.17, 15) is 4.79 Å². The number of carbonyl (C=O) groups excluding carboxylic acids is 1. The fourth-order valence-corrected chi connectivity index (χ4v) is 2.93. The van der Waals surface area contributed by atoms with Crippen molar-refractivity contribution >= 4 is 17.4 Å². The molecule has 1 aromatic carbocycles. The van der Waals surface area contributed by atoms with Gasteiger partial charge in [0.1, 0.15) is 5.78 Å². The van der Waals surface area contributed by atoms with Gasteiger partial charge in [-0.3, -0.25) is 4.79 Å². The number of Topliss-reactive ketones (excluding diaryl/α,β-unsaturated/α-hetero) is 1. The van der Waals surface area contributed by atoms with E-state index in [2.05, 4.69) is 0 Å². The standard InChI is InChI=1S/C15H20ClNO/c16-14-3-1-2-12(8-14)9-15(18)13-6-4-11(10-17)5-7-13/h1-3,8,11,13H,4-7,9-10,17H2. The molecule has 1 fully saturated rings. The zero-order chi connectivity index (χ0) is 13.0. The highest BCUT2D eigenvalue weighted by atomic mass is 35.5. The SMILES string of the molecule is NCC1CCC(C(=O)Cc2cccc(Cl)c2)CC1. The fraction of sp³-hybridized carbons (Fsp3) is 0.533. The zero-order valence-electron chi connectivity index (χ0n) is 10.6. The van der Waals surface area contributed by atoms with Crippen LogP contribution in [0.1, 0.15) is 31.2 Å². The Morgan fingerprint density at radius 2 is 2.00 bits per heavy atom. The van der Waals surface area contributed by atoms with Gasteiger partial charge in [0, 0.05) is 17.4 Å². The minimum atomic E-state index is 0.229. The molecule has 0 spiro atoms. The monoisotopic (exact) mass is 265 g/mol. The van der Waals surface area contributed by atoms with Crippen LogP contribution in [0.4, 0.5) is 0 Å². The molecule has 0 aliphatic heterocycles. The molecule has 1 aliphatic rings. The van der Waals surface area contributed by atoms with Gasteiger partial charge in [-0.25, -0.2) is 0 Å². The molecule has 1 aromatic rings. The van der Waals surface area contributed by atoms with E-state index in [0.717, 1.165) is 37.8 Å². The van der Waals surface area contributed by atoms with Crippen molar-refractivity contribution in [1.29, 1.82) is 0 Å². The zero-order valence-corrected chi connectivity index (χ0v) is 11.3. The fourth-order valence-electron chi connectivity index (χ4n) is 2.71. The van der Waals surface area contributed by atoms with E-state index >= 15 is 0 Å². The maximum absolute atomic E-state index is 12.2. The largest absolute Gasteiger partial charge is 0.330 e. The molecule has 0 amide bonds. The van der Waals surface area contributed by atoms with Gasteiger partial charge in [-0.15, -0.1) is 0 Å². The van der Waals surface area contributed by atoms with E-state index in [1.807, 2.05) is 24.3 Å². The van der Waals surface area contributed by atoms with E-state index in [1.54, 1.807) is 0 Å². The minimum Gasteiger partial charge on any atom is -0.330 e. The van der Waals surface area contributed by atoms with Crippen LogP contribution in [0, 0.1) is 11.8 Å². The van der Waals surface area contributed by atoms with Crippen molar-refractivity contribution < 1.29 is 4.79 Å². The van der Waals surface area contributed by atoms with Crippen molar-refractivity contribution in [2.24, 2.45) is 17.6 Å². The lowest BCUT2D eigenvalue weighted by atomic mass is 9.79. The van der Waals surface area contributed by atoms with Crippen molar-refractivity contribution in [3.63, 3.8) is 0 Å². The molecular formula is C15H20ClNO. The van der Waals surface area contributed by atoms with Crippen LogP contribution >= 0.6 is 11.6 Å². The van der Waals surface area contributed by atoms with Gasteiger partial charge in [0.2, 0.25) is 0 Å². The molecular weight excluding hydrogens is 246 g/mol. The van der Waals surface area contributed by atoms with Crippen LogP contribution in [-0.4, -0.2) is 12.3 Å². The third kappa shape index (κ3) is 3.56. The predicted molar refractivity (Wildman–Crippen MR) is 74.7 cm³/mol. The van der Waals surface area contributed by atoms with E-state index in [0.29, 0.717) is 23.1 Å². The Hall–Kier alpha value is -0.860. The predicted octanol–water partition coefficient (Wildman–Crippen LogP) is 3.22. The molecule has 0 atom stereocenters. The summed E-state index contributed by atoms with van der Waals surface area (Å²) in [6, 6.07) is 7.58. The molecule has 18 heavy (non-hydrogen) atoms. The van der Waals surface area contributed by atoms with Crippen LogP contribution in [0.15, 0.2) is 24.3 Å². The third-order valence-corrected chi connectivity index (χ3v) is 4.14. The molecule has 0 aromatic heterocycles. The molecule has 0 heterocycles. The summed E-state index contributed by atoms with van der Waals surface area (Å²) in [6.07, 6.45) is 4.71. The van der Waals surface area contributed by atoms with Crippen molar-refractivity contribution in [1.82, 2.24) is 0 Å². The molecule has 2 N–H and O–H groups in total. The first-order chi connectivity index (χ1) is 8.69. The van der Waals surface area contributed by atoms with Crippen molar-refractivity contribution in [2.45, 2.75) is 32.1 Å². The Morgan fingerprint density at radius 1 is 1.28 bits per heavy atom. The van der Waals surface area contributed by atoms with E-state index < -0.39 is 0 Å². The first-order valence-corrected chi connectivity index (χ1v) is 7.04. The van der Waals surface area contributed by atoms with Crippen molar-refractivity contribution in [3.05, 3.63) is 34.9 Å². The second kappa shape index (κ2) is 6.35.